The summed E-state index contributed by atoms with van der Waals surface area (Å²) >= 11 is 0. The van der Waals surface area contributed by atoms with Gasteiger partial charge in [-0.2, -0.15) is 0 Å². The third-order valence-electron chi connectivity index (χ3n) is 4.14. The van der Waals surface area contributed by atoms with Gasteiger partial charge in [-0.3, -0.25) is 9.78 Å². The molecule has 0 radical (unpaired) electrons. The number of hydrogen-bond acceptors (Lipinski definition) is 4. The molecule has 2 heterocycles. The zero-order valence-corrected chi connectivity index (χ0v) is 11.5. The number of rotatable bonds is 0. The summed E-state index contributed by atoms with van der Waals surface area (Å²) in [6, 6.07) is 0. The van der Waals surface area contributed by atoms with E-state index in [0.717, 1.165) is 30.6 Å². The Hall–Kier alpha value is -1.78. The van der Waals surface area contributed by atoms with Gasteiger partial charge in [0, 0.05) is 12.0 Å². The Morgan fingerprint density at radius 1 is 1.42 bits per heavy atom. The van der Waals surface area contributed by atoms with Crippen LogP contribution in [0, 0.1) is 11.3 Å². The van der Waals surface area contributed by atoms with Gasteiger partial charge in [0.25, 0.3) is 5.56 Å². The molecule has 5 nitrogen and oxygen atoms in total. The van der Waals surface area contributed by atoms with Crippen LogP contribution in [-0.4, -0.2) is 9.97 Å². The molecule has 1 unspecified atom stereocenters. The summed E-state index contributed by atoms with van der Waals surface area (Å²) in [5.41, 5.74) is 7.61. The van der Waals surface area contributed by atoms with Gasteiger partial charge >= 0.3 is 0 Å². The molecule has 5 heteroatoms. The standard InChI is InChI=1S/C14H19N3O2/c1-14(2,3)7-4-5-9-8(6-7)10-11(19-9)12(18)17-13(15)16-10/h7H,4-6H2,1-3H3,(H3,15,16,17,18). The molecule has 3 rings (SSSR count). The smallest absolute Gasteiger partial charge is 0.295 e. The first kappa shape index (κ1) is 12.3. The summed E-state index contributed by atoms with van der Waals surface area (Å²) in [7, 11) is 0. The third kappa shape index (κ3) is 1.93. The number of nitrogens with two attached hydrogens (primary N) is 1. The van der Waals surface area contributed by atoms with Gasteiger partial charge in [-0.15, -0.1) is 0 Å². The number of fused-ring (bicyclic) bond motifs is 3. The number of nitrogens with one attached hydrogen (secondary N) is 1. The Bertz CT molecular complexity index is 691. The van der Waals surface area contributed by atoms with Gasteiger partial charge in [0.2, 0.25) is 11.5 Å². The Morgan fingerprint density at radius 3 is 2.84 bits per heavy atom. The van der Waals surface area contributed by atoms with Crippen LogP contribution >= 0.6 is 0 Å². The minimum Gasteiger partial charge on any atom is -0.453 e. The Labute approximate surface area is 111 Å². The van der Waals surface area contributed by atoms with Crippen molar-refractivity contribution < 1.29 is 4.42 Å². The number of hydrogen-bond donors (Lipinski definition) is 2. The van der Waals surface area contributed by atoms with E-state index >= 15 is 0 Å². The van der Waals surface area contributed by atoms with Crippen molar-refractivity contribution >= 4 is 17.0 Å². The Morgan fingerprint density at radius 2 is 2.16 bits per heavy atom. The van der Waals surface area contributed by atoms with Gasteiger partial charge in [0.15, 0.2) is 0 Å². The predicted molar refractivity (Wildman–Crippen MR) is 74.0 cm³/mol. The molecule has 2 aromatic rings. The highest BCUT2D eigenvalue weighted by Crippen LogP contribution is 2.39. The van der Waals surface area contributed by atoms with Crippen LogP contribution in [0.4, 0.5) is 5.95 Å². The quantitative estimate of drug-likeness (QED) is 0.761. The van der Waals surface area contributed by atoms with Gasteiger partial charge < -0.3 is 10.2 Å². The highest BCUT2D eigenvalue weighted by molar-refractivity contribution is 5.78. The summed E-state index contributed by atoms with van der Waals surface area (Å²) in [4.78, 5) is 18.6. The number of nitrogens with zero attached hydrogens (tertiary/aromatic N) is 1. The summed E-state index contributed by atoms with van der Waals surface area (Å²) in [5, 5.41) is 0. The van der Waals surface area contributed by atoms with Crippen molar-refractivity contribution in [2.75, 3.05) is 5.73 Å². The van der Waals surface area contributed by atoms with Crippen molar-refractivity contribution in [3.05, 3.63) is 21.7 Å². The molecule has 0 bridgehead atoms. The van der Waals surface area contributed by atoms with Crippen molar-refractivity contribution in [1.29, 1.82) is 0 Å². The molecule has 0 saturated carbocycles. The highest BCUT2D eigenvalue weighted by Gasteiger charge is 2.32. The fourth-order valence-electron chi connectivity index (χ4n) is 2.90. The zero-order chi connectivity index (χ0) is 13.8. The van der Waals surface area contributed by atoms with Gasteiger partial charge in [0.05, 0.1) is 0 Å². The first-order valence-electron chi connectivity index (χ1n) is 6.66. The fraction of sp³-hybridized carbons (Fsp3) is 0.571. The van der Waals surface area contributed by atoms with E-state index in [1.165, 1.54) is 0 Å². The molecule has 1 aliphatic rings. The van der Waals surface area contributed by atoms with Crippen LogP contribution in [0.15, 0.2) is 9.21 Å². The minimum atomic E-state index is -0.288. The molecule has 1 atom stereocenters. The van der Waals surface area contributed by atoms with Gasteiger partial charge in [-0.1, -0.05) is 20.8 Å². The maximum Gasteiger partial charge on any atom is 0.295 e. The van der Waals surface area contributed by atoms with Crippen LogP contribution in [0.2, 0.25) is 0 Å². The van der Waals surface area contributed by atoms with E-state index < -0.39 is 0 Å². The second-order valence-corrected chi connectivity index (χ2v) is 6.44. The Balaban J connectivity index is 2.16. The molecule has 0 saturated heterocycles. The average Bonchev–Trinajstić information content (AvgIpc) is 2.66. The van der Waals surface area contributed by atoms with E-state index in [2.05, 4.69) is 30.7 Å². The van der Waals surface area contributed by atoms with Crippen molar-refractivity contribution in [1.82, 2.24) is 9.97 Å². The predicted octanol–water partition coefficient (Wildman–Crippen LogP) is 2.25. The molecular formula is C14H19N3O2. The minimum absolute atomic E-state index is 0.152. The van der Waals surface area contributed by atoms with Crippen molar-refractivity contribution in [2.24, 2.45) is 11.3 Å². The third-order valence-corrected chi connectivity index (χ3v) is 4.14. The summed E-state index contributed by atoms with van der Waals surface area (Å²) < 4.78 is 5.68. The maximum atomic E-state index is 11.8. The van der Waals surface area contributed by atoms with E-state index in [4.69, 9.17) is 10.2 Å². The zero-order valence-electron chi connectivity index (χ0n) is 11.5. The number of nitrogen functional groups attached to an aromatic ring is 1. The summed E-state index contributed by atoms with van der Waals surface area (Å²) in [6.45, 7) is 6.75. The molecule has 1 aliphatic carbocycles. The van der Waals surface area contributed by atoms with E-state index in [9.17, 15) is 4.79 Å². The first-order valence-corrected chi connectivity index (χ1v) is 6.66. The molecule has 0 aliphatic heterocycles. The lowest BCUT2D eigenvalue weighted by Gasteiger charge is -2.33. The van der Waals surface area contributed by atoms with Gasteiger partial charge in [-0.25, -0.2) is 4.98 Å². The second kappa shape index (κ2) is 3.85. The maximum absolute atomic E-state index is 11.8. The van der Waals surface area contributed by atoms with Crippen LogP contribution in [0.25, 0.3) is 11.1 Å². The number of aromatic nitrogens is 2. The largest absolute Gasteiger partial charge is 0.453 e. The molecule has 19 heavy (non-hydrogen) atoms. The van der Waals surface area contributed by atoms with Crippen LogP contribution < -0.4 is 11.3 Å². The summed E-state index contributed by atoms with van der Waals surface area (Å²) in [6.07, 6.45) is 2.86. The number of aromatic amines is 1. The lowest BCUT2D eigenvalue weighted by Crippen LogP contribution is -2.26. The molecule has 0 amide bonds. The normalized spacial score (nSPS) is 19.6. The SMILES string of the molecule is CC(C)(C)C1CCc2oc3c(=O)[nH]c(N)nc3c2C1. The van der Waals surface area contributed by atoms with Crippen LogP contribution in [0.5, 0.6) is 0 Å². The fourth-order valence-corrected chi connectivity index (χ4v) is 2.90. The first-order chi connectivity index (χ1) is 8.86. The summed E-state index contributed by atoms with van der Waals surface area (Å²) in [5.74, 6) is 1.63. The molecule has 2 aromatic heterocycles. The molecule has 3 N–H and O–H groups in total. The van der Waals surface area contributed by atoms with Crippen LogP contribution in [-0.2, 0) is 12.8 Å². The van der Waals surface area contributed by atoms with Crippen molar-refractivity contribution in [3.8, 4) is 0 Å². The van der Waals surface area contributed by atoms with E-state index in [1.807, 2.05) is 0 Å². The molecule has 102 valence electrons. The molecule has 0 fully saturated rings. The van der Waals surface area contributed by atoms with Crippen LogP contribution in [0.1, 0.15) is 38.5 Å². The number of H-pyrrole nitrogens is 1. The van der Waals surface area contributed by atoms with Gasteiger partial charge in [-0.05, 0) is 24.2 Å². The van der Waals surface area contributed by atoms with Crippen molar-refractivity contribution in [3.63, 3.8) is 0 Å². The lowest BCUT2D eigenvalue weighted by atomic mass is 9.72. The molecule has 0 spiro atoms. The van der Waals surface area contributed by atoms with Crippen molar-refractivity contribution in [2.45, 2.75) is 40.0 Å². The monoisotopic (exact) mass is 261 g/mol. The number of aryl methyl sites for hydroxylation is 1. The van der Waals surface area contributed by atoms with E-state index in [0.29, 0.717) is 17.0 Å². The van der Waals surface area contributed by atoms with Gasteiger partial charge in [0.1, 0.15) is 11.3 Å². The van der Waals surface area contributed by atoms with E-state index in [-0.39, 0.29) is 16.9 Å². The number of anilines is 1. The average molecular weight is 261 g/mol. The Kier molecular flexibility index (Phi) is 2.49. The van der Waals surface area contributed by atoms with Crippen LogP contribution in [0.3, 0.4) is 0 Å². The second-order valence-electron chi connectivity index (χ2n) is 6.44. The number of furan rings is 1. The van der Waals surface area contributed by atoms with E-state index in [1.54, 1.807) is 0 Å². The topological polar surface area (TPSA) is 84.9 Å². The lowest BCUT2D eigenvalue weighted by molar-refractivity contribution is 0.210. The molecule has 0 aromatic carbocycles. The molecular weight excluding hydrogens is 242 g/mol. The highest BCUT2D eigenvalue weighted by atomic mass is 16.3.